The van der Waals surface area contributed by atoms with Gasteiger partial charge < -0.3 is 10.6 Å². The van der Waals surface area contributed by atoms with E-state index in [-0.39, 0.29) is 24.8 Å². The quantitative estimate of drug-likeness (QED) is 0.783. The highest BCUT2D eigenvalue weighted by Crippen LogP contribution is 2.26. The van der Waals surface area contributed by atoms with Crippen molar-refractivity contribution < 1.29 is 14.4 Å². The van der Waals surface area contributed by atoms with E-state index < -0.39 is 5.91 Å². The second kappa shape index (κ2) is 8.17. The van der Waals surface area contributed by atoms with E-state index in [1.807, 2.05) is 12.1 Å². The fourth-order valence-corrected chi connectivity index (χ4v) is 2.86. The van der Waals surface area contributed by atoms with E-state index in [0.29, 0.717) is 5.75 Å². The number of primary amides is 1. The normalized spacial score (nSPS) is 15.3. The molecule has 120 valence electrons. The second-order valence-electron chi connectivity index (χ2n) is 5.52. The van der Waals surface area contributed by atoms with Crippen molar-refractivity contribution in [3.05, 3.63) is 28.7 Å². The Morgan fingerprint density at radius 3 is 2.36 bits per heavy atom. The van der Waals surface area contributed by atoms with Crippen LogP contribution in [0.15, 0.2) is 28.7 Å². The summed E-state index contributed by atoms with van der Waals surface area (Å²) < 4.78 is 0.948. The van der Waals surface area contributed by atoms with Gasteiger partial charge in [0.1, 0.15) is 0 Å². The molecular formula is C16H21BrN2O3. The Labute approximate surface area is 138 Å². The van der Waals surface area contributed by atoms with Crippen LogP contribution in [0.5, 0.6) is 5.75 Å². The molecule has 0 radical (unpaired) electrons. The van der Waals surface area contributed by atoms with Gasteiger partial charge in [0.05, 0.1) is 6.04 Å². The summed E-state index contributed by atoms with van der Waals surface area (Å²) in [4.78, 5) is 29.1. The van der Waals surface area contributed by atoms with Crippen molar-refractivity contribution >= 4 is 27.7 Å². The number of carbonyl (C=O) groups excluding carboxylic acids is 2. The molecule has 2 rings (SSSR count). The van der Waals surface area contributed by atoms with E-state index in [4.69, 9.17) is 10.6 Å². The van der Waals surface area contributed by atoms with Crippen molar-refractivity contribution in [1.82, 2.24) is 5.06 Å². The van der Waals surface area contributed by atoms with Gasteiger partial charge in [-0.05, 0) is 37.1 Å². The Bertz CT molecular complexity index is 513. The van der Waals surface area contributed by atoms with Crippen molar-refractivity contribution in [2.45, 2.75) is 51.0 Å². The zero-order valence-electron chi connectivity index (χ0n) is 12.5. The molecule has 2 N–H and O–H groups in total. The van der Waals surface area contributed by atoms with Crippen LogP contribution in [0.25, 0.3) is 0 Å². The first-order valence-electron chi connectivity index (χ1n) is 7.60. The summed E-state index contributed by atoms with van der Waals surface area (Å²) in [5, 5.41) is 1.45. The average Bonchev–Trinajstić information content (AvgIpc) is 2.53. The Hall–Kier alpha value is -1.56. The molecule has 6 heteroatoms. The molecule has 1 saturated carbocycles. The minimum absolute atomic E-state index is 0.0474. The van der Waals surface area contributed by atoms with Gasteiger partial charge in [0.15, 0.2) is 5.75 Å². The molecule has 0 aromatic heterocycles. The highest BCUT2D eigenvalue weighted by atomic mass is 79.9. The zero-order valence-corrected chi connectivity index (χ0v) is 14.0. The summed E-state index contributed by atoms with van der Waals surface area (Å²) in [6.07, 6.45) is 5.37. The molecule has 1 aromatic rings. The maximum atomic E-state index is 12.4. The molecule has 22 heavy (non-hydrogen) atoms. The molecule has 0 heterocycles. The highest BCUT2D eigenvalue weighted by Gasteiger charge is 2.27. The molecule has 0 spiro atoms. The number of hydrogen-bond donors (Lipinski definition) is 1. The van der Waals surface area contributed by atoms with Crippen LogP contribution in [0, 0.1) is 0 Å². The molecule has 1 aliphatic carbocycles. The monoisotopic (exact) mass is 368 g/mol. The number of hydroxylamine groups is 2. The van der Waals surface area contributed by atoms with Crippen molar-refractivity contribution in [3.63, 3.8) is 0 Å². The Morgan fingerprint density at radius 1 is 1.14 bits per heavy atom. The maximum Gasteiger partial charge on any atom is 0.255 e. The van der Waals surface area contributed by atoms with Gasteiger partial charge in [-0.25, -0.2) is 0 Å². The molecule has 1 fully saturated rings. The van der Waals surface area contributed by atoms with Crippen LogP contribution >= 0.6 is 15.9 Å². The number of hydrogen-bond acceptors (Lipinski definition) is 3. The lowest BCUT2D eigenvalue weighted by atomic mass is 9.95. The lowest BCUT2D eigenvalue weighted by Crippen LogP contribution is -2.44. The predicted molar refractivity (Wildman–Crippen MR) is 86.9 cm³/mol. The minimum Gasteiger partial charge on any atom is -0.377 e. The van der Waals surface area contributed by atoms with Crippen LogP contribution in [0.2, 0.25) is 0 Å². The number of carbonyl (C=O) groups is 2. The van der Waals surface area contributed by atoms with Gasteiger partial charge in [-0.15, -0.1) is 0 Å². The van der Waals surface area contributed by atoms with Crippen LogP contribution in [-0.4, -0.2) is 22.9 Å². The van der Waals surface area contributed by atoms with Crippen molar-refractivity contribution in [1.29, 1.82) is 0 Å². The van der Waals surface area contributed by atoms with Crippen LogP contribution in [-0.2, 0) is 9.59 Å². The molecule has 0 unspecified atom stereocenters. The SMILES string of the molecule is NC(=O)CCC(=O)N(Oc1ccc(Br)cc1)C1CCCCC1. The summed E-state index contributed by atoms with van der Waals surface area (Å²) in [6, 6.07) is 7.41. The maximum absolute atomic E-state index is 12.4. The van der Waals surface area contributed by atoms with E-state index in [1.165, 1.54) is 11.5 Å². The molecule has 0 saturated heterocycles. The first kappa shape index (κ1) is 16.8. The lowest BCUT2D eigenvalue weighted by Gasteiger charge is -2.33. The molecular weight excluding hydrogens is 348 g/mol. The summed E-state index contributed by atoms with van der Waals surface area (Å²) in [7, 11) is 0. The van der Waals surface area contributed by atoms with Crippen LogP contribution in [0.3, 0.4) is 0 Å². The minimum atomic E-state index is -0.472. The molecule has 1 aromatic carbocycles. The van der Waals surface area contributed by atoms with Gasteiger partial charge >= 0.3 is 0 Å². The highest BCUT2D eigenvalue weighted by molar-refractivity contribution is 9.10. The smallest absolute Gasteiger partial charge is 0.255 e. The van der Waals surface area contributed by atoms with Gasteiger partial charge in [-0.3, -0.25) is 9.59 Å². The Balaban J connectivity index is 2.07. The van der Waals surface area contributed by atoms with Crippen LogP contribution in [0.1, 0.15) is 44.9 Å². The standard InChI is InChI=1S/C16H21BrN2O3/c17-12-6-8-14(9-7-12)22-19(13-4-2-1-3-5-13)16(21)11-10-15(18)20/h6-9,13H,1-5,10-11H2,(H2,18,20). The third kappa shape index (κ3) is 5.02. The first-order chi connectivity index (χ1) is 10.6. The van der Waals surface area contributed by atoms with Crippen molar-refractivity contribution in [3.8, 4) is 5.75 Å². The van der Waals surface area contributed by atoms with E-state index in [2.05, 4.69) is 15.9 Å². The number of nitrogens with zero attached hydrogens (tertiary/aromatic N) is 1. The largest absolute Gasteiger partial charge is 0.377 e. The molecule has 0 bridgehead atoms. The van der Waals surface area contributed by atoms with Gasteiger partial charge in [0.2, 0.25) is 5.91 Å². The summed E-state index contributed by atoms with van der Waals surface area (Å²) in [5.41, 5.74) is 5.13. The fraction of sp³-hybridized carbons (Fsp3) is 0.500. The Kier molecular flexibility index (Phi) is 6.24. The number of benzene rings is 1. The second-order valence-corrected chi connectivity index (χ2v) is 6.44. The van der Waals surface area contributed by atoms with E-state index in [0.717, 1.165) is 30.2 Å². The summed E-state index contributed by atoms with van der Waals surface area (Å²) in [5.74, 6) is -0.0459. The number of halogens is 1. The number of amides is 2. The first-order valence-corrected chi connectivity index (χ1v) is 8.39. The third-order valence-corrected chi connectivity index (χ3v) is 4.28. The lowest BCUT2D eigenvalue weighted by molar-refractivity contribution is -0.168. The molecule has 1 aliphatic rings. The van der Waals surface area contributed by atoms with Gasteiger partial charge in [-0.1, -0.05) is 35.2 Å². The van der Waals surface area contributed by atoms with Gasteiger partial charge in [-0.2, -0.15) is 5.06 Å². The molecule has 2 amide bonds. The topological polar surface area (TPSA) is 72.6 Å². The van der Waals surface area contributed by atoms with Gasteiger partial charge in [0.25, 0.3) is 5.91 Å². The molecule has 0 atom stereocenters. The van der Waals surface area contributed by atoms with Gasteiger partial charge in [0, 0.05) is 17.3 Å². The van der Waals surface area contributed by atoms with Crippen molar-refractivity contribution in [2.24, 2.45) is 5.73 Å². The van der Waals surface area contributed by atoms with Crippen LogP contribution in [0.4, 0.5) is 0 Å². The van der Waals surface area contributed by atoms with E-state index in [1.54, 1.807) is 12.1 Å². The number of rotatable bonds is 6. The predicted octanol–water partition coefficient (Wildman–Crippen LogP) is 3.17. The fourth-order valence-electron chi connectivity index (χ4n) is 2.59. The van der Waals surface area contributed by atoms with E-state index >= 15 is 0 Å². The van der Waals surface area contributed by atoms with Crippen molar-refractivity contribution in [2.75, 3.05) is 0 Å². The third-order valence-electron chi connectivity index (χ3n) is 3.75. The summed E-state index contributed by atoms with van der Waals surface area (Å²) >= 11 is 3.37. The van der Waals surface area contributed by atoms with E-state index in [9.17, 15) is 9.59 Å². The average molecular weight is 369 g/mol. The zero-order chi connectivity index (χ0) is 15.9. The number of nitrogens with two attached hydrogens (primary N) is 1. The summed E-state index contributed by atoms with van der Waals surface area (Å²) in [6.45, 7) is 0. The molecule has 0 aliphatic heterocycles. The van der Waals surface area contributed by atoms with Crippen LogP contribution < -0.4 is 10.6 Å². The Morgan fingerprint density at radius 2 is 1.77 bits per heavy atom. The molecule has 5 nitrogen and oxygen atoms in total.